The summed E-state index contributed by atoms with van der Waals surface area (Å²) in [5.41, 5.74) is 2.96. The van der Waals surface area contributed by atoms with Crippen molar-refractivity contribution in [2.75, 3.05) is 0 Å². The van der Waals surface area contributed by atoms with Gasteiger partial charge in [0.2, 0.25) is 0 Å². The average Bonchev–Trinajstić information content (AvgIpc) is 2.28. The van der Waals surface area contributed by atoms with Gasteiger partial charge in [-0.3, -0.25) is 4.79 Å². The van der Waals surface area contributed by atoms with E-state index in [-0.39, 0.29) is 5.78 Å². The number of carbonyl (C=O) groups excluding carboxylic acids is 1. The van der Waals surface area contributed by atoms with Crippen LogP contribution in [0.15, 0.2) is 42.5 Å². The molecule has 0 heterocycles. The summed E-state index contributed by atoms with van der Waals surface area (Å²) >= 11 is 0. The molecule has 16 heavy (non-hydrogen) atoms. The molecular formula is C15H18O. The number of ketones is 1. The van der Waals surface area contributed by atoms with Crippen LogP contribution in [0.1, 0.15) is 30.9 Å². The Bertz CT molecular complexity index is 413. The number of hydrogen-bond acceptors (Lipinski definition) is 1. The predicted molar refractivity (Wildman–Crippen MR) is 69.3 cm³/mol. The monoisotopic (exact) mass is 214 g/mol. The first-order valence-corrected chi connectivity index (χ1v) is 5.62. The lowest BCUT2D eigenvalue weighted by atomic mass is 10.0. The molecule has 0 saturated heterocycles. The smallest absolute Gasteiger partial charge is 0.162 e. The highest BCUT2D eigenvalue weighted by Crippen LogP contribution is 2.14. The van der Waals surface area contributed by atoms with E-state index >= 15 is 0 Å². The number of rotatable bonds is 5. The number of allylic oxidation sites excluding steroid dienone is 2. The van der Waals surface area contributed by atoms with Gasteiger partial charge < -0.3 is 0 Å². The summed E-state index contributed by atoms with van der Waals surface area (Å²) in [6.07, 6.45) is 5.02. The highest BCUT2D eigenvalue weighted by atomic mass is 16.1. The normalized spacial score (nSPS) is 11.2. The van der Waals surface area contributed by atoms with E-state index in [1.54, 1.807) is 6.08 Å². The molecule has 0 fully saturated rings. The van der Waals surface area contributed by atoms with Gasteiger partial charge >= 0.3 is 0 Å². The standard InChI is InChI=1S/C15H18O/c1-4-8-15(16)13(5-2)11-14-10-7-6-9-12(14)3/h5-7,9-11H,2,4,8H2,1,3H3/b13-11-. The Labute approximate surface area is 97.5 Å². The van der Waals surface area contributed by atoms with Gasteiger partial charge in [0.05, 0.1) is 0 Å². The summed E-state index contributed by atoms with van der Waals surface area (Å²) in [6.45, 7) is 7.75. The summed E-state index contributed by atoms with van der Waals surface area (Å²) in [6, 6.07) is 8.02. The fraction of sp³-hybridized carbons (Fsp3) is 0.267. The van der Waals surface area contributed by atoms with Gasteiger partial charge in [-0.1, -0.05) is 43.8 Å². The van der Waals surface area contributed by atoms with Crippen molar-refractivity contribution in [2.45, 2.75) is 26.7 Å². The Hall–Kier alpha value is -1.63. The molecule has 0 amide bonds. The van der Waals surface area contributed by atoms with E-state index in [2.05, 4.69) is 6.58 Å². The largest absolute Gasteiger partial charge is 0.294 e. The van der Waals surface area contributed by atoms with E-state index in [0.717, 1.165) is 12.0 Å². The molecule has 0 N–H and O–H groups in total. The molecule has 0 bridgehead atoms. The molecule has 0 unspecified atom stereocenters. The lowest BCUT2D eigenvalue weighted by Gasteiger charge is -2.03. The quantitative estimate of drug-likeness (QED) is 0.536. The van der Waals surface area contributed by atoms with E-state index in [9.17, 15) is 4.79 Å². The van der Waals surface area contributed by atoms with Gasteiger partial charge in [-0.2, -0.15) is 0 Å². The molecule has 1 heteroatoms. The summed E-state index contributed by atoms with van der Waals surface area (Å²) in [4.78, 5) is 11.8. The highest BCUT2D eigenvalue weighted by molar-refractivity contribution is 6.02. The third-order valence-electron chi connectivity index (χ3n) is 2.52. The van der Waals surface area contributed by atoms with Crippen LogP contribution < -0.4 is 0 Å². The lowest BCUT2D eigenvalue weighted by molar-refractivity contribution is -0.115. The van der Waals surface area contributed by atoms with Crippen molar-refractivity contribution >= 4 is 11.9 Å². The van der Waals surface area contributed by atoms with Crippen molar-refractivity contribution in [3.8, 4) is 0 Å². The van der Waals surface area contributed by atoms with Gasteiger partial charge in [0.1, 0.15) is 0 Å². The number of benzene rings is 1. The molecule has 0 atom stereocenters. The number of carbonyl (C=O) groups is 1. The van der Waals surface area contributed by atoms with Crippen LogP contribution >= 0.6 is 0 Å². The Morgan fingerprint density at radius 2 is 2.06 bits per heavy atom. The zero-order valence-electron chi connectivity index (χ0n) is 9.99. The van der Waals surface area contributed by atoms with Crippen LogP contribution in [0.3, 0.4) is 0 Å². The van der Waals surface area contributed by atoms with Crippen LogP contribution in [-0.2, 0) is 4.79 Å². The highest BCUT2D eigenvalue weighted by Gasteiger charge is 2.05. The maximum Gasteiger partial charge on any atom is 0.162 e. The second-order valence-electron chi connectivity index (χ2n) is 3.83. The summed E-state index contributed by atoms with van der Waals surface area (Å²) in [5, 5.41) is 0. The van der Waals surface area contributed by atoms with Gasteiger partial charge in [-0.15, -0.1) is 0 Å². The molecular weight excluding hydrogens is 196 g/mol. The first kappa shape index (κ1) is 12.4. The van der Waals surface area contributed by atoms with E-state index in [1.807, 2.05) is 44.2 Å². The molecule has 1 aromatic rings. The van der Waals surface area contributed by atoms with Crippen molar-refractivity contribution in [1.29, 1.82) is 0 Å². The third kappa shape index (κ3) is 3.20. The molecule has 0 saturated carbocycles. The molecule has 84 valence electrons. The predicted octanol–water partition coefficient (Wildman–Crippen LogP) is 3.93. The van der Waals surface area contributed by atoms with Gasteiger partial charge in [-0.05, 0) is 30.5 Å². The second-order valence-corrected chi connectivity index (χ2v) is 3.83. The fourth-order valence-electron chi connectivity index (χ4n) is 1.54. The average molecular weight is 214 g/mol. The summed E-state index contributed by atoms with van der Waals surface area (Å²) < 4.78 is 0. The SMILES string of the molecule is C=C/C(=C/c1ccccc1C)C(=O)CCC. The number of aryl methyl sites for hydroxylation is 1. The fourth-order valence-corrected chi connectivity index (χ4v) is 1.54. The minimum absolute atomic E-state index is 0.167. The Balaban J connectivity index is 3.01. The van der Waals surface area contributed by atoms with Crippen molar-refractivity contribution in [3.05, 3.63) is 53.6 Å². The third-order valence-corrected chi connectivity index (χ3v) is 2.52. The zero-order chi connectivity index (χ0) is 12.0. The zero-order valence-corrected chi connectivity index (χ0v) is 9.99. The first-order valence-electron chi connectivity index (χ1n) is 5.62. The van der Waals surface area contributed by atoms with Crippen LogP contribution in [0.25, 0.3) is 6.08 Å². The van der Waals surface area contributed by atoms with Crippen LogP contribution in [0.2, 0.25) is 0 Å². The Morgan fingerprint density at radius 1 is 1.38 bits per heavy atom. The Kier molecular flexibility index (Phi) is 4.71. The van der Waals surface area contributed by atoms with Gasteiger partial charge in [-0.25, -0.2) is 0 Å². The molecule has 1 rings (SSSR count). The molecule has 0 spiro atoms. The summed E-state index contributed by atoms with van der Waals surface area (Å²) in [5.74, 6) is 0.167. The van der Waals surface area contributed by atoms with Crippen LogP contribution in [0.4, 0.5) is 0 Å². The minimum atomic E-state index is 0.167. The second kappa shape index (κ2) is 6.06. The van der Waals surface area contributed by atoms with E-state index in [1.165, 1.54) is 5.56 Å². The topological polar surface area (TPSA) is 17.1 Å². The first-order chi connectivity index (χ1) is 7.69. The van der Waals surface area contributed by atoms with Gasteiger partial charge in [0.25, 0.3) is 0 Å². The van der Waals surface area contributed by atoms with Crippen molar-refractivity contribution < 1.29 is 4.79 Å². The van der Waals surface area contributed by atoms with E-state index in [4.69, 9.17) is 0 Å². The van der Waals surface area contributed by atoms with Gasteiger partial charge in [0.15, 0.2) is 5.78 Å². The molecule has 0 aliphatic heterocycles. The minimum Gasteiger partial charge on any atom is -0.294 e. The molecule has 0 aliphatic rings. The number of Topliss-reactive ketones (excluding diaryl/α,β-unsaturated/α-hetero) is 1. The molecule has 1 nitrogen and oxygen atoms in total. The number of hydrogen-bond donors (Lipinski definition) is 0. The maximum absolute atomic E-state index is 11.8. The van der Waals surface area contributed by atoms with Crippen molar-refractivity contribution in [2.24, 2.45) is 0 Å². The van der Waals surface area contributed by atoms with Crippen molar-refractivity contribution in [3.63, 3.8) is 0 Å². The molecule has 0 aliphatic carbocycles. The Morgan fingerprint density at radius 3 is 2.62 bits per heavy atom. The van der Waals surface area contributed by atoms with Crippen LogP contribution in [-0.4, -0.2) is 5.78 Å². The van der Waals surface area contributed by atoms with Crippen LogP contribution in [0, 0.1) is 6.92 Å². The van der Waals surface area contributed by atoms with Crippen LogP contribution in [0.5, 0.6) is 0 Å². The van der Waals surface area contributed by atoms with E-state index in [0.29, 0.717) is 12.0 Å². The maximum atomic E-state index is 11.8. The molecule has 0 aromatic heterocycles. The van der Waals surface area contributed by atoms with E-state index < -0.39 is 0 Å². The van der Waals surface area contributed by atoms with Gasteiger partial charge in [0, 0.05) is 12.0 Å². The lowest BCUT2D eigenvalue weighted by Crippen LogP contribution is -1.99. The van der Waals surface area contributed by atoms with Crippen molar-refractivity contribution in [1.82, 2.24) is 0 Å². The molecule has 1 aromatic carbocycles. The molecule has 0 radical (unpaired) electrons. The summed E-state index contributed by atoms with van der Waals surface area (Å²) in [7, 11) is 0.